The first-order valence-electron chi connectivity index (χ1n) is 6.30. The lowest BCUT2D eigenvalue weighted by Crippen LogP contribution is -2.38. The molecule has 1 unspecified atom stereocenters. The quantitative estimate of drug-likeness (QED) is 0.649. The Balaban J connectivity index is 2.17. The zero-order chi connectivity index (χ0) is 16.3. The molecule has 2 aromatic rings. The number of rotatable bonds is 5. The van der Waals surface area contributed by atoms with Crippen molar-refractivity contribution in [3.05, 3.63) is 63.1 Å². The van der Waals surface area contributed by atoms with Crippen molar-refractivity contribution in [2.45, 2.75) is 12.5 Å². The van der Waals surface area contributed by atoms with Crippen molar-refractivity contribution in [2.24, 2.45) is 0 Å². The lowest BCUT2D eigenvalue weighted by Gasteiger charge is -2.21. The lowest BCUT2D eigenvalue weighted by molar-refractivity contribution is -0.385. The Morgan fingerprint density at radius 2 is 2.18 bits per heavy atom. The monoisotopic (exact) mass is 324 g/mol. The number of hydrogen-bond acceptors (Lipinski definition) is 5. The molecule has 0 bridgehead atoms. The molecule has 2 rings (SSSR count). The standard InChI is InChI=1S/C14H13ClN2O5/c1-14(19,11-6-3-7-22-11)8-16-13(18)9-4-2-5-10(15)12(9)17(20)21/h2-7,19H,8H2,1H3,(H,16,18). The smallest absolute Gasteiger partial charge is 0.300 e. The van der Waals surface area contributed by atoms with Gasteiger partial charge in [0.05, 0.1) is 17.7 Å². The number of nitrogens with one attached hydrogen (secondary N) is 1. The SMILES string of the molecule is CC(O)(CNC(=O)c1cccc(Cl)c1[N+](=O)[O-])c1ccco1. The van der Waals surface area contributed by atoms with Gasteiger partial charge >= 0.3 is 5.69 Å². The summed E-state index contributed by atoms with van der Waals surface area (Å²) < 4.78 is 5.09. The normalized spacial score (nSPS) is 13.4. The second-order valence-electron chi connectivity index (χ2n) is 4.83. The van der Waals surface area contributed by atoms with E-state index in [-0.39, 0.29) is 22.9 Å². The minimum absolute atomic E-state index is 0.129. The number of nitro groups is 1. The van der Waals surface area contributed by atoms with Crippen LogP contribution in [0.5, 0.6) is 0 Å². The van der Waals surface area contributed by atoms with E-state index in [1.165, 1.54) is 31.4 Å². The maximum Gasteiger partial charge on any atom is 0.300 e. The molecule has 0 aliphatic carbocycles. The van der Waals surface area contributed by atoms with Crippen LogP contribution in [0.4, 0.5) is 5.69 Å². The van der Waals surface area contributed by atoms with Crippen LogP contribution in [0.15, 0.2) is 41.0 Å². The number of nitrogens with zero attached hydrogens (tertiary/aromatic N) is 1. The molecule has 0 saturated heterocycles. The fourth-order valence-electron chi connectivity index (χ4n) is 1.90. The van der Waals surface area contributed by atoms with E-state index in [1.807, 2.05) is 0 Å². The summed E-state index contributed by atoms with van der Waals surface area (Å²) in [6.07, 6.45) is 1.40. The van der Waals surface area contributed by atoms with Gasteiger partial charge in [0.1, 0.15) is 21.9 Å². The van der Waals surface area contributed by atoms with Crippen LogP contribution in [0.2, 0.25) is 5.02 Å². The molecule has 1 aromatic carbocycles. The van der Waals surface area contributed by atoms with E-state index in [1.54, 1.807) is 12.1 Å². The predicted molar refractivity (Wildman–Crippen MR) is 78.7 cm³/mol. The predicted octanol–water partition coefficient (Wildman–Crippen LogP) is 2.48. The van der Waals surface area contributed by atoms with E-state index >= 15 is 0 Å². The second-order valence-corrected chi connectivity index (χ2v) is 5.23. The van der Waals surface area contributed by atoms with Crippen LogP contribution in [0.1, 0.15) is 23.0 Å². The zero-order valence-electron chi connectivity index (χ0n) is 11.6. The molecular formula is C14H13ClN2O5. The molecule has 8 heteroatoms. The number of furan rings is 1. The number of halogens is 1. The molecule has 1 amide bonds. The van der Waals surface area contributed by atoms with Crippen LogP contribution >= 0.6 is 11.6 Å². The highest BCUT2D eigenvalue weighted by Crippen LogP contribution is 2.28. The largest absolute Gasteiger partial charge is 0.466 e. The molecule has 22 heavy (non-hydrogen) atoms. The molecule has 7 nitrogen and oxygen atoms in total. The number of para-hydroxylation sites is 1. The molecular weight excluding hydrogens is 312 g/mol. The summed E-state index contributed by atoms with van der Waals surface area (Å²) in [5.41, 5.74) is -2.08. The van der Waals surface area contributed by atoms with Crippen LogP contribution in [0.25, 0.3) is 0 Å². The van der Waals surface area contributed by atoms with Gasteiger partial charge in [-0.05, 0) is 31.2 Å². The molecule has 0 spiro atoms. The van der Waals surface area contributed by atoms with Gasteiger partial charge < -0.3 is 14.8 Å². The number of benzene rings is 1. The summed E-state index contributed by atoms with van der Waals surface area (Å²) in [5, 5.41) is 23.6. The van der Waals surface area contributed by atoms with Gasteiger partial charge in [0.15, 0.2) is 0 Å². The summed E-state index contributed by atoms with van der Waals surface area (Å²) in [6, 6.07) is 7.23. The van der Waals surface area contributed by atoms with Crippen molar-refractivity contribution < 1.29 is 19.2 Å². The molecule has 0 aliphatic heterocycles. The second kappa shape index (κ2) is 6.17. The number of nitro benzene ring substituents is 1. The Hall–Kier alpha value is -2.38. The molecule has 116 valence electrons. The van der Waals surface area contributed by atoms with E-state index in [2.05, 4.69) is 5.32 Å². The summed E-state index contributed by atoms with van der Waals surface area (Å²) in [7, 11) is 0. The molecule has 1 heterocycles. The summed E-state index contributed by atoms with van der Waals surface area (Å²) >= 11 is 5.75. The molecule has 0 saturated carbocycles. The maximum atomic E-state index is 12.1. The molecule has 2 N–H and O–H groups in total. The summed E-state index contributed by atoms with van der Waals surface area (Å²) in [5.74, 6) is -0.436. The van der Waals surface area contributed by atoms with E-state index in [9.17, 15) is 20.0 Å². The maximum absolute atomic E-state index is 12.1. The number of aliphatic hydroxyl groups is 1. The van der Waals surface area contributed by atoms with E-state index in [0.29, 0.717) is 0 Å². The molecule has 1 atom stereocenters. The highest BCUT2D eigenvalue weighted by atomic mass is 35.5. The Kier molecular flexibility index (Phi) is 4.48. The first-order chi connectivity index (χ1) is 10.3. The van der Waals surface area contributed by atoms with Crippen molar-refractivity contribution in [1.82, 2.24) is 5.32 Å². The van der Waals surface area contributed by atoms with Crippen LogP contribution < -0.4 is 5.32 Å². The number of amides is 1. The minimum atomic E-state index is -1.44. The van der Waals surface area contributed by atoms with Gasteiger partial charge in [-0.2, -0.15) is 0 Å². The van der Waals surface area contributed by atoms with Crippen molar-refractivity contribution in [1.29, 1.82) is 0 Å². The average Bonchev–Trinajstić information content (AvgIpc) is 2.99. The Labute approximate surface area is 130 Å². The number of carbonyl (C=O) groups is 1. The summed E-state index contributed by atoms with van der Waals surface area (Å²) in [4.78, 5) is 22.4. The van der Waals surface area contributed by atoms with Gasteiger partial charge in [0.2, 0.25) is 0 Å². The number of carbonyl (C=O) groups excluding carboxylic acids is 1. The minimum Gasteiger partial charge on any atom is -0.466 e. The third-order valence-electron chi connectivity index (χ3n) is 3.06. The fraction of sp³-hybridized carbons (Fsp3) is 0.214. The van der Waals surface area contributed by atoms with Gasteiger partial charge in [-0.25, -0.2) is 0 Å². The first-order valence-corrected chi connectivity index (χ1v) is 6.68. The molecule has 0 fully saturated rings. The highest BCUT2D eigenvalue weighted by molar-refractivity contribution is 6.33. The third kappa shape index (κ3) is 3.26. The van der Waals surface area contributed by atoms with Gasteiger partial charge in [0.25, 0.3) is 5.91 Å². The van der Waals surface area contributed by atoms with E-state index in [4.69, 9.17) is 16.0 Å². The molecule has 0 radical (unpaired) electrons. The van der Waals surface area contributed by atoms with Crippen molar-refractivity contribution in [3.8, 4) is 0 Å². The topological polar surface area (TPSA) is 106 Å². The van der Waals surface area contributed by atoms with E-state index < -0.39 is 22.1 Å². The van der Waals surface area contributed by atoms with Crippen LogP contribution in [-0.4, -0.2) is 22.5 Å². The van der Waals surface area contributed by atoms with Crippen molar-refractivity contribution in [2.75, 3.05) is 6.54 Å². The average molecular weight is 325 g/mol. The van der Waals surface area contributed by atoms with Crippen LogP contribution in [0, 0.1) is 10.1 Å². The Morgan fingerprint density at radius 3 is 2.77 bits per heavy atom. The van der Waals surface area contributed by atoms with Gasteiger partial charge in [-0.3, -0.25) is 14.9 Å². The zero-order valence-corrected chi connectivity index (χ0v) is 12.3. The Bertz CT molecular complexity index is 697. The highest BCUT2D eigenvalue weighted by Gasteiger charge is 2.29. The van der Waals surface area contributed by atoms with Crippen molar-refractivity contribution in [3.63, 3.8) is 0 Å². The molecule has 1 aromatic heterocycles. The van der Waals surface area contributed by atoms with Gasteiger partial charge in [0, 0.05) is 0 Å². The molecule has 0 aliphatic rings. The van der Waals surface area contributed by atoms with Crippen LogP contribution in [-0.2, 0) is 5.60 Å². The van der Waals surface area contributed by atoms with Gasteiger partial charge in [-0.15, -0.1) is 0 Å². The fourth-order valence-corrected chi connectivity index (χ4v) is 2.15. The van der Waals surface area contributed by atoms with Crippen LogP contribution in [0.3, 0.4) is 0 Å². The van der Waals surface area contributed by atoms with E-state index in [0.717, 1.165) is 0 Å². The Morgan fingerprint density at radius 1 is 1.45 bits per heavy atom. The van der Waals surface area contributed by atoms with Crippen molar-refractivity contribution >= 4 is 23.2 Å². The number of hydrogen-bond donors (Lipinski definition) is 2. The lowest BCUT2D eigenvalue weighted by atomic mass is 10.0. The van der Waals surface area contributed by atoms with Gasteiger partial charge in [-0.1, -0.05) is 17.7 Å². The summed E-state index contributed by atoms with van der Waals surface area (Å²) in [6.45, 7) is 1.28. The first kappa shape index (κ1) is 16.0. The third-order valence-corrected chi connectivity index (χ3v) is 3.36.